The Balaban J connectivity index is 1.87. The summed E-state index contributed by atoms with van der Waals surface area (Å²) >= 11 is 0. The summed E-state index contributed by atoms with van der Waals surface area (Å²) < 4.78 is 33.3. The standard InChI is InChI=1S/C18H28N6O4S/c1-4-6-11-29(26,27)23-9-7-22(8-10-23)17-15(12-16(25)28-5-2)14(3)21-18-19-13-20-24(17)18/h13H,4-12H2,1-3H3. The Morgan fingerprint density at radius 2 is 1.93 bits per heavy atom. The molecule has 1 aliphatic heterocycles. The van der Waals surface area contributed by atoms with Crippen molar-refractivity contribution in [3.63, 3.8) is 0 Å². The van der Waals surface area contributed by atoms with Crippen molar-refractivity contribution in [3.8, 4) is 0 Å². The number of carbonyl (C=O) groups is 1. The molecule has 0 atom stereocenters. The first-order chi connectivity index (χ1) is 13.9. The molecule has 3 heterocycles. The van der Waals surface area contributed by atoms with E-state index in [0.29, 0.717) is 50.7 Å². The van der Waals surface area contributed by atoms with E-state index in [2.05, 4.69) is 20.0 Å². The van der Waals surface area contributed by atoms with E-state index >= 15 is 0 Å². The van der Waals surface area contributed by atoms with Gasteiger partial charge >= 0.3 is 5.97 Å². The van der Waals surface area contributed by atoms with Gasteiger partial charge in [-0.15, -0.1) is 0 Å². The zero-order valence-electron chi connectivity index (χ0n) is 17.2. The molecule has 0 saturated carbocycles. The quantitative estimate of drug-likeness (QED) is 0.572. The highest BCUT2D eigenvalue weighted by atomic mass is 32.2. The minimum Gasteiger partial charge on any atom is -0.466 e. The second-order valence-corrected chi connectivity index (χ2v) is 9.10. The first kappa shape index (κ1) is 21.4. The van der Waals surface area contributed by atoms with E-state index in [9.17, 15) is 13.2 Å². The number of piperazine rings is 1. The van der Waals surface area contributed by atoms with Crippen LogP contribution in [0.5, 0.6) is 0 Å². The molecule has 0 aliphatic carbocycles. The van der Waals surface area contributed by atoms with E-state index in [1.165, 1.54) is 6.33 Å². The summed E-state index contributed by atoms with van der Waals surface area (Å²) in [7, 11) is -3.24. The molecule has 1 aliphatic rings. The van der Waals surface area contributed by atoms with Crippen molar-refractivity contribution in [2.75, 3.05) is 43.4 Å². The number of nitrogens with zero attached hydrogens (tertiary/aromatic N) is 6. The number of aromatic nitrogens is 4. The van der Waals surface area contributed by atoms with Crippen LogP contribution in [0.15, 0.2) is 6.33 Å². The van der Waals surface area contributed by atoms with Crippen LogP contribution in [-0.4, -0.2) is 76.8 Å². The smallest absolute Gasteiger partial charge is 0.310 e. The van der Waals surface area contributed by atoms with E-state index in [4.69, 9.17) is 4.74 Å². The Labute approximate surface area is 170 Å². The fourth-order valence-electron chi connectivity index (χ4n) is 3.49. The number of esters is 1. The van der Waals surface area contributed by atoms with Crippen molar-refractivity contribution < 1.29 is 17.9 Å². The zero-order chi connectivity index (χ0) is 21.0. The van der Waals surface area contributed by atoms with Gasteiger partial charge in [0.1, 0.15) is 12.1 Å². The number of hydrogen-bond donors (Lipinski definition) is 0. The highest BCUT2D eigenvalue weighted by Crippen LogP contribution is 2.26. The minimum absolute atomic E-state index is 0.0762. The van der Waals surface area contributed by atoms with Gasteiger partial charge in [-0.25, -0.2) is 13.4 Å². The molecule has 3 rings (SSSR count). The van der Waals surface area contributed by atoms with Gasteiger partial charge in [-0.1, -0.05) is 13.3 Å². The highest BCUT2D eigenvalue weighted by molar-refractivity contribution is 7.89. The number of fused-ring (bicyclic) bond motifs is 1. The molecule has 2 aromatic rings. The molecule has 10 nitrogen and oxygen atoms in total. The second-order valence-electron chi connectivity index (χ2n) is 7.01. The maximum absolute atomic E-state index is 12.5. The minimum atomic E-state index is -3.24. The van der Waals surface area contributed by atoms with Crippen molar-refractivity contribution in [1.82, 2.24) is 23.9 Å². The SMILES string of the molecule is CCCCS(=O)(=O)N1CCN(c2c(CC(=O)OCC)c(C)nc3ncnn23)CC1. The lowest BCUT2D eigenvalue weighted by molar-refractivity contribution is -0.142. The van der Waals surface area contributed by atoms with Crippen LogP contribution in [0.1, 0.15) is 37.9 Å². The topological polar surface area (TPSA) is 110 Å². The summed E-state index contributed by atoms with van der Waals surface area (Å²) in [4.78, 5) is 22.8. The molecular weight excluding hydrogens is 396 g/mol. The summed E-state index contributed by atoms with van der Waals surface area (Å²) in [5, 5.41) is 4.27. The largest absolute Gasteiger partial charge is 0.466 e. The van der Waals surface area contributed by atoms with Crippen molar-refractivity contribution >= 4 is 27.6 Å². The van der Waals surface area contributed by atoms with Crippen LogP contribution in [0.25, 0.3) is 5.78 Å². The predicted octanol–water partition coefficient (Wildman–Crippen LogP) is 0.790. The molecule has 0 radical (unpaired) electrons. The van der Waals surface area contributed by atoms with Gasteiger partial charge < -0.3 is 9.64 Å². The van der Waals surface area contributed by atoms with Crippen LogP contribution in [-0.2, 0) is 26.0 Å². The maximum Gasteiger partial charge on any atom is 0.310 e. The molecule has 1 saturated heterocycles. The molecule has 0 aromatic carbocycles. The third kappa shape index (κ3) is 4.67. The van der Waals surface area contributed by atoms with Crippen molar-refractivity contribution in [3.05, 3.63) is 17.6 Å². The van der Waals surface area contributed by atoms with Gasteiger partial charge in [-0.2, -0.15) is 18.9 Å². The van der Waals surface area contributed by atoms with Gasteiger partial charge in [-0.3, -0.25) is 4.79 Å². The number of ether oxygens (including phenoxy) is 1. The van der Waals surface area contributed by atoms with Crippen molar-refractivity contribution in [2.24, 2.45) is 0 Å². The Hall–Kier alpha value is -2.27. The summed E-state index contributed by atoms with van der Waals surface area (Å²) in [6.07, 6.45) is 3.00. The van der Waals surface area contributed by atoms with Gasteiger partial charge in [0.15, 0.2) is 0 Å². The Morgan fingerprint density at radius 1 is 1.21 bits per heavy atom. The van der Waals surface area contributed by atoms with E-state index in [1.807, 2.05) is 13.8 Å². The fourth-order valence-corrected chi connectivity index (χ4v) is 5.12. The van der Waals surface area contributed by atoms with Crippen LogP contribution in [0, 0.1) is 6.92 Å². The first-order valence-electron chi connectivity index (χ1n) is 9.95. The third-order valence-electron chi connectivity index (χ3n) is 5.02. The molecule has 0 N–H and O–H groups in total. The molecule has 0 spiro atoms. The lowest BCUT2D eigenvalue weighted by Gasteiger charge is -2.36. The molecule has 2 aromatic heterocycles. The molecule has 0 unspecified atom stereocenters. The van der Waals surface area contributed by atoms with Crippen LogP contribution in [0.3, 0.4) is 0 Å². The molecule has 160 valence electrons. The summed E-state index contributed by atoms with van der Waals surface area (Å²) in [6, 6.07) is 0. The molecule has 11 heteroatoms. The lowest BCUT2D eigenvalue weighted by Crippen LogP contribution is -2.50. The van der Waals surface area contributed by atoms with E-state index < -0.39 is 10.0 Å². The monoisotopic (exact) mass is 424 g/mol. The van der Waals surface area contributed by atoms with Gasteiger partial charge in [0.05, 0.1) is 18.8 Å². The zero-order valence-corrected chi connectivity index (χ0v) is 18.0. The van der Waals surface area contributed by atoms with Crippen LogP contribution in [0.4, 0.5) is 5.82 Å². The van der Waals surface area contributed by atoms with Crippen molar-refractivity contribution in [2.45, 2.75) is 40.0 Å². The molecule has 29 heavy (non-hydrogen) atoms. The van der Waals surface area contributed by atoms with Gasteiger partial charge in [0.25, 0.3) is 5.78 Å². The predicted molar refractivity (Wildman–Crippen MR) is 108 cm³/mol. The van der Waals surface area contributed by atoms with Crippen LogP contribution in [0.2, 0.25) is 0 Å². The number of rotatable bonds is 8. The molecule has 1 fully saturated rings. The van der Waals surface area contributed by atoms with Crippen LogP contribution >= 0.6 is 0 Å². The number of hydrogen-bond acceptors (Lipinski definition) is 8. The number of anilines is 1. The number of aryl methyl sites for hydroxylation is 1. The highest BCUT2D eigenvalue weighted by Gasteiger charge is 2.30. The fraction of sp³-hybridized carbons (Fsp3) is 0.667. The summed E-state index contributed by atoms with van der Waals surface area (Å²) in [5.74, 6) is 1.02. The van der Waals surface area contributed by atoms with Gasteiger partial charge in [0.2, 0.25) is 10.0 Å². The molecule has 0 amide bonds. The summed E-state index contributed by atoms with van der Waals surface area (Å²) in [5.41, 5.74) is 1.41. The van der Waals surface area contributed by atoms with E-state index in [-0.39, 0.29) is 18.1 Å². The molecular formula is C18H28N6O4S. The van der Waals surface area contributed by atoms with Gasteiger partial charge in [0, 0.05) is 37.4 Å². The second kappa shape index (κ2) is 9.04. The van der Waals surface area contributed by atoms with E-state index in [0.717, 1.165) is 17.8 Å². The van der Waals surface area contributed by atoms with E-state index in [1.54, 1.807) is 15.7 Å². The third-order valence-corrected chi connectivity index (χ3v) is 6.98. The first-order valence-corrected chi connectivity index (χ1v) is 11.6. The maximum atomic E-state index is 12.5. The number of sulfonamides is 1. The average molecular weight is 425 g/mol. The number of unbranched alkanes of at least 4 members (excludes halogenated alkanes) is 1. The lowest BCUT2D eigenvalue weighted by atomic mass is 10.1. The van der Waals surface area contributed by atoms with Gasteiger partial charge in [-0.05, 0) is 20.3 Å². The Bertz CT molecular complexity index is 966. The molecule has 0 bridgehead atoms. The normalized spacial score (nSPS) is 15.8. The summed E-state index contributed by atoms with van der Waals surface area (Å²) in [6.45, 7) is 7.67. The Morgan fingerprint density at radius 3 is 2.59 bits per heavy atom. The Kier molecular flexibility index (Phi) is 6.68. The van der Waals surface area contributed by atoms with Crippen LogP contribution < -0.4 is 4.90 Å². The van der Waals surface area contributed by atoms with Crippen molar-refractivity contribution in [1.29, 1.82) is 0 Å². The number of carbonyl (C=O) groups excluding carboxylic acids is 1. The average Bonchev–Trinajstić information content (AvgIpc) is 3.15.